The first-order valence-corrected chi connectivity index (χ1v) is 5.15. The van der Waals surface area contributed by atoms with Gasteiger partial charge in [-0.15, -0.1) is 0 Å². The summed E-state index contributed by atoms with van der Waals surface area (Å²) in [5.74, 6) is 0.660. The molecule has 1 aliphatic carbocycles. The minimum absolute atomic E-state index is 0.0619. The van der Waals surface area contributed by atoms with E-state index in [2.05, 4.69) is 13.8 Å². The van der Waals surface area contributed by atoms with E-state index in [-0.39, 0.29) is 5.41 Å². The van der Waals surface area contributed by atoms with E-state index in [0.29, 0.717) is 5.92 Å². The van der Waals surface area contributed by atoms with Gasteiger partial charge in [0.1, 0.15) is 6.29 Å². The quantitative estimate of drug-likeness (QED) is 0.591. The fraction of sp³-hybridized carbons (Fsp3) is 0.909. The molecule has 0 aliphatic heterocycles. The smallest absolute Gasteiger partial charge is 0.126 e. The zero-order valence-corrected chi connectivity index (χ0v) is 8.31. The summed E-state index contributed by atoms with van der Waals surface area (Å²) in [5.41, 5.74) is 0.0619. The maximum absolute atomic E-state index is 11.0. The average molecular weight is 168 g/mol. The van der Waals surface area contributed by atoms with Gasteiger partial charge in [-0.1, -0.05) is 33.1 Å². The zero-order chi connectivity index (χ0) is 9.03. The van der Waals surface area contributed by atoms with Crippen LogP contribution in [0.1, 0.15) is 52.4 Å². The Kier molecular flexibility index (Phi) is 3.30. The van der Waals surface area contributed by atoms with Crippen LogP contribution in [0.15, 0.2) is 0 Å². The van der Waals surface area contributed by atoms with Crippen molar-refractivity contribution in [1.82, 2.24) is 0 Å². The molecule has 1 fully saturated rings. The summed E-state index contributed by atoms with van der Waals surface area (Å²) in [7, 11) is 0. The molecule has 0 saturated heterocycles. The molecular formula is C11H20O. The SMILES string of the molecule is CC(C)CC1(C=O)CCCCC1. The highest BCUT2D eigenvalue weighted by molar-refractivity contribution is 5.59. The fourth-order valence-corrected chi connectivity index (χ4v) is 2.44. The van der Waals surface area contributed by atoms with Crippen LogP contribution in [0.5, 0.6) is 0 Å². The maximum atomic E-state index is 11.0. The van der Waals surface area contributed by atoms with Gasteiger partial charge in [0.15, 0.2) is 0 Å². The molecule has 0 aromatic carbocycles. The van der Waals surface area contributed by atoms with Crippen LogP contribution in [-0.2, 0) is 4.79 Å². The van der Waals surface area contributed by atoms with E-state index in [0.717, 1.165) is 19.3 Å². The lowest BCUT2D eigenvalue weighted by Crippen LogP contribution is -2.27. The van der Waals surface area contributed by atoms with Crippen LogP contribution in [0.2, 0.25) is 0 Å². The van der Waals surface area contributed by atoms with Crippen molar-refractivity contribution in [2.45, 2.75) is 52.4 Å². The lowest BCUT2D eigenvalue weighted by molar-refractivity contribution is -0.118. The van der Waals surface area contributed by atoms with E-state index >= 15 is 0 Å². The molecular weight excluding hydrogens is 148 g/mol. The van der Waals surface area contributed by atoms with E-state index in [1.54, 1.807) is 0 Å². The third-order valence-electron chi connectivity index (χ3n) is 2.91. The molecule has 0 amide bonds. The van der Waals surface area contributed by atoms with Gasteiger partial charge in [0.25, 0.3) is 0 Å². The van der Waals surface area contributed by atoms with Crippen LogP contribution < -0.4 is 0 Å². The van der Waals surface area contributed by atoms with Crippen LogP contribution in [-0.4, -0.2) is 6.29 Å². The van der Waals surface area contributed by atoms with Crippen molar-refractivity contribution in [3.05, 3.63) is 0 Å². The second-order valence-electron chi connectivity index (χ2n) is 4.64. The Balaban J connectivity index is 2.53. The first-order valence-electron chi connectivity index (χ1n) is 5.15. The third kappa shape index (κ3) is 2.33. The van der Waals surface area contributed by atoms with Gasteiger partial charge in [-0.2, -0.15) is 0 Å². The Labute approximate surface area is 75.5 Å². The molecule has 1 aliphatic rings. The van der Waals surface area contributed by atoms with Gasteiger partial charge in [0.05, 0.1) is 0 Å². The number of rotatable bonds is 3. The van der Waals surface area contributed by atoms with Gasteiger partial charge in [0, 0.05) is 5.41 Å². The van der Waals surface area contributed by atoms with Gasteiger partial charge in [-0.3, -0.25) is 0 Å². The molecule has 0 heterocycles. The van der Waals surface area contributed by atoms with Crippen LogP contribution in [0, 0.1) is 11.3 Å². The number of carbonyl (C=O) groups is 1. The Bertz CT molecular complexity index is 143. The maximum Gasteiger partial charge on any atom is 0.126 e. The van der Waals surface area contributed by atoms with Gasteiger partial charge in [0.2, 0.25) is 0 Å². The summed E-state index contributed by atoms with van der Waals surface area (Å²) in [4.78, 5) is 11.0. The van der Waals surface area contributed by atoms with E-state index in [9.17, 15) is 4.79 Å². The van der Waals surface area contributed by atoms with Gasteiger partial charge in [-0.05, 0) is 25.2 Å². The lowest BCUT2D eigenvalue weighted by Gasteiger charge is -2.33. The van der Waals surface area contributed by atoms with Crippen LogP contribution >= 0.6 is 0 Å². The highest BCUT2D eigenvalue weighted by Gasteiger charge is 2.31. The highest BCUT2D eigenvalue weighted by atomic mass is 16.1. The van der Waals surface area contributed by atoms with Crippen molar-refractivity contribution in [2.24, 2.45) is 11.3 Å². The van der Waals surface area contributed by atoms with Crippen molar-refractivity contribution in [3.63, 3.8) is 0 Å². The van der Waals surface area contributed by atoms with E-state index in [1.807, 2.05) is 0 Å². The summed E-state index contributed by atoms with van der Waals surface area (Å²) in [5, 5.41) is 0. The van der Waals surface area contributed by atoms with Crippen molar-refractivity contribution < 1.29 is 4.79 Å². The molecule has 0 spiro atoms. The highest BCUT2D eigenvalue weighted by Crippen LogP contribution is 2.39. The first-order chi connectivity index (χ1) is 5.68. The predicted molar refractivity (Wildman–Crippen MR) is 51.0 cm³/mol. The third-order valence-corrected chi connectivity index (χ3v) is 2.91. The van der Waals surface area contributed by atoms with E-state index in [1.165, 1.54) is 25.5 Å². The number of aldehydes is 1. The standard InChI is InChI=1S/C11H20O/c1-10(2)8-11(9-12)6-4-3-5-7-11/h9-10H,3-8H2,1-2H3. The molecule has 0 aromatic rings. The Morgan fingerprint density at radius 3 is 2.25 bits per heavy atom. The first kappa shape index (κ1) is 9.76. The molecule has 70 valence electrons. The van der Waals surface area contributed by atoms with Gasteiger partial charge >= 0.3 is 0 Å². The van der Waals surface area contributed by atoms with Crippen molar-refractivity contribution in [3.8, 4) is 0 Å². The van der Waals surface area contributed by atoms with Crippen LogP contribution in [0.25, 0.3) is 0 Å². The number of carbonyl (C=O) groups excluding carboxylic acids is 1. The largest absolute Gasteiger partial charge is 0.303 e. The van der Waals surface area contributed by atoms with Gasteiger partial charge in [-0.25, -0.2) is 0 Å². The van der Waals surface area contributed by atoms with Crippen LogP contribution in [0.4, 0.5) is 0 Å². The summed E-state index contributed by atoms with van der Waals surface area (Å²) in [6.45, 7) is 4.42. The summed E-state index contributed by atoms with van der Waals surface area (Å²) in [6, 6.07) is 0. The Morgan fingerprint density at radius 1 is 1.25 bits per heavy atom. The molecule has 0 unspecified atom stereocenters. The summed E-state index contributed by atoms with van der Waals surface area (Å²) >= 11 is 0. The molecule has 1 nitrogen and oxygen atoms in total. The molecule has 1 heteroatoms. The minimum Gasteiger partial charge on any atom is -0.303 e. The fourth-order valence-electron chi connectivity index (χ4n) is 2.44. The topological polar surface area (TPSA) is 17.1 Å². The number of hydrogen-bond donors (Lipinski definition) is 0. The molecule has 1 rings (SSSR count). The molecule has 0 N–H and O–H groups in total. The lowest BCUT2D eigenvalue weighted by atomic mass is 9.70. The minimum atomic E-state index is 0.0619. The summed E-state index contributed by atoms with van der Waals surface area (Å²) in [6.07, 6.45) is 8.43. The second-order valence-corrected chi connectivity index (χ2v) is 4.64. The van der Waals surface area contributed by atoms with Crippen molar-refractivity contribution in [1.29, 1.82) is 0 Å². The molecule has 0 atom stereocenters. The monoisotopic (exact) mass is 168 g/mol. The molecule has 0 aromatic heterocycles. The Hall–Kier alpha value is -0.330. The van der Waals surface area contributed by atoms with E-state index in [4.69, 9.17) is 0 Å². The normalized spacial score (nSPS) is 22.6. The zero-order valence-electron chi connectivity index (χ0n) is 8.31. The van der Waals surface area contributed by atoms with Crippen LogP contribution in [0.3, 0.4) is 0 Å². The van der Waals surface area contributed by atoms with Gasteiger partial charge < -0.3 is 4.79 Å². The molecule has 0 bridgehead atoms. The molecule has 0 radical (unpaired) electrons. The average Bonchev–Trinajstić information content (AvgIpc) is 2.05. The van der Waals surface area contributed by atoms with Crippen molar-refractivity contribution >= 4 is 6.29 Å². The molecule has 12 heavy (non-hydrogen) atoms. The predicted octanol–water partition coefficient (Wildman–Crippen LogP) is 3.18. The van der Waals surface area contributed by atoms with E-state index < -0.39 is 0 Å². The molecule has 1 saturated carbocycles. The second kappa shape index (κ2) is 4.06. The van der Waals surface area contributed by atoms with Crippen molar-refractivity contribution in [2.75, 3.05) is 0 Å². The Morgan fingerprint density at radius 2 is 1.83 bits per heavy atom. The number of hydrogen-bond acceptors (Lipinski definition) is 1. The summed E-state index contributed by atoms with van der Waals surface area (Å²) < 4.78 is 0.